The van der Waals surface area contributed by atoms with Gasteiger partial charge >= 0.3 is 0 Å². The Labute approximate surface area is 205 Å². The second kappa shape index (κ2) is 10.5. The van der Waals surface area contributed by atoms with Gasteiger partial charge in [0.2, 0.25) is 23.0 Å². The quantitative estimate of drug-likeness (QED) is 0.335. The molecule has 1 aromatic carbocycles. The minimum Gasteiger partial charge on any atom is -0.339 e. The van der Waals surface area contributed by atoms with Crippen molar-refractivity contribution >= 4 is 40.9 Å². The Morgan fingerprint density at radius 1 is 0.853 bits per heavy atom. The lowest BCUT2D eigenvalue weighted by Gasteiger charge is -2.36. The van der Waals surface area contributed by atoms with E-state index in [1.807, 2.05) is 38.1 Å². The molecule has 0 unspecified atom stereocenters. The van der Waals surface area contributed by atoms with Crippen LogP contribution in [0.2, 0.25) is 0 Å². The SMILES string of the molecule is Cc1cc(C)cc(NC(=S)/N=C(/Nc2nc(C)cc(C)n2)N2CCN(c3ncccn3)CC2)c1. The third kappa shape index (κ3) is 6.22. The molecular formula is C24H29N9S. The molecule has 0 radical (unpaired) electrons. The maximum absolute atomic E-state index is 5.60. The molecule has 1 aliphatic heterocycles. The topological polar surface area (TPSA) is 94.5 Å². The number of piperazine rings is 1. The fourth-order valence-corrected chi connectivity index (χ4v) is 4.13. The lowest BCUT2D eigenvalue weighted by molar-refractivity contribution is 0.382. The number of aromatic nitrogens is 4. The van der Waals surface area contributed by atoms with Gasteiger partial charge in [-0.2, -0.15) is 4.99 Å². The molecule has 0 bridgehead atoms. The predicted octanol–water partition coefficient (Wildman–Crippen LogP) is 3.49. The van der Waals surface area contributed by atoms with Gasteiger partial charge in [-0.1, -0.05) is 6.07 Å². The number of hydrogen-bond donors (Lipinski definition) is 2. The Kier molecular flexibility index (Phi) is 7.27. The van der Waals surface area contributed by atoms with Crippen LogP contribution >= 0.6 is 12.2 Å². The minimum atomic E-state index is 0.366. The van der Waals surface area contributed by atoms with Gasteiger partial charge in [-0.15, -0.1) is 0 Å². The Bertz CT molecular complexity index is 1150. The van der Waals surface area contributed by atoms with Crippen LogP contribution in [0.1, 0.15) is 22.5 Å². The zero-order valence-electron chi connectivity index (χ0n) is 19.9. The van der Waals surface area contributed by atoms with E-state index < -0.39 is 0 Å². The van der Waals surface area contributed by atoms with Gasteiger partial charge in [-0.25, -0.2) is 19.9 Å². The molecule has 0 aliphatic carbocycles. The maximum atomic E-state index is 5.60. The van der Waals surface area contributed by atoms with Gasteiger partial charge in [0.15, 0.2) is 0 Å². The second-order valence-electron chi connectivity index (χ2n) is 8.36. The molecular weight excluding hydrogens is 446 g/mol. The number of aliphatic imine (C=N–C) groups is 1. The molecule has 176 valence electrons. The van der Waals surface area contributed by atoms with Gasteiger partial charge in [-0.05, 0) is 75.3 Å². The van der Waals surface area contributed by atoms with Crippen molar-refractivity contribution in [1.29, 1.82) is 0 Å². The Balaban J connectivity index is 1.54. The Morgan fingerprint density at radius 3 is 2.09 bits per heavy atom. The second-order valence-corrected chi connectivity index (χ2v) is 8.75. The number of aryl methyl sites for hydroxylation is 4. The molecule has 2 N–H and O–H groups in total. The number of thiocarbonyl (C=S) groups is 1. The van der Waals surface area contributed by atoms with Gasteiger partial charge < -0.3 is 15.1 Å². The van der Waals surface area contributed by atoms with E-state index >= 15 is 0 Å². The normalized spacial score (nSPS) is 14.2. The molecule has 10 heteroatoms. The number of benzene rings is 1. The zero-order valence-corrected chi connectivity index (χ0v) is 20.7. The summed E-state index contributed by atoms with van der Waals surface area (Å²) >= 11 is 5.60. The lowest BCUT2D eigenvalue weighted by Crippen LogP contribution is -2.51. The largest absolute Gasteiger partial charge is 0.339 e. The van der Waals surface area contributed by atoms with E-state index in [0.29, 0.717) is 17.0 Å². The van der Waals surface area contributed by atoms with Crippen molar-refractivity contribution < 1.29 is 0 Å². The third-order valence-electron chi connectivity index (χ3n) is 5.30. The summed E-state index contributed by atoms with van der Waals surface area (Å²) in [5, 5.41) is 6.91. The van der Waals surface area contributed by atoms with Crippen LogP contribution in [0.25, 0.3) is 0 Å². The highest BCUT2D eigenvalue weighted by atomic mass is 32.1. The number of nitrogens with zero attached hydrogens (tertiary/aromatic N) is 7. The van der Waals surface area contributed by atoms with Gasteiger partial charge in [0.25, 0.3) is 0 Å². The van der Waals surface area contributed by atoms with Crippen LogP contribution < -0.4 is 15.5 Å². The van der Waals surface area contributed by atoms with Crippen LogP contribution in [-0.2, 0) is 0 Å². The molecule has 0 spiro atoms. The first-order valence-electron chi connectivity index (χ1n) is 11.2. The Hall–Kier alpha value is -3.66. The van der Waals surface area contributed by atoms with E-state index in [-0.39, 0.29) is 0 Å². The third-order valence-corrected chi connectivity index (χ3v) is 5.49. The van der Waals surface area contributed by atoms with Crippen molar-refractivity contribution in [3.8, 4) is 0 Å². The van der Waals surface area contributed by atoms with E-state index in [2.05, 4.69) is 60.3 Å². The molecule has 34 heavy (non-hydrogen) atoms. The van der Waals surface area contributed by atoms with Crippen LogP contribution in [0.4, 0.5) is 17.6 Å². The standard InChI is InChI=1S/C24H29N9S/c1-16-12-17(2)14-20(13-16)29-24(34)31-23(30-21-27-18(3)15-19(4)28-21)33-10-8-32(9-11-33)22-25-6-5-7-26-22/h5-7,12-15H,8-11H2,1-4H3,(H2,27,28,29,30,31,34). The predicted molar refractivity (Wildman–Crippen MR) is 141 cm³/mol. The molecule has 0 amide bonds. The van der Waals surface area contributed by atoms with Crippen LogP contribution in [0.15, 0.2) is 47.7 Å². The minimum absolute atomic E-state index is 0.366. The average molecular weight is 476 g/mol. The molecule has 0 atom stereocenters. The number of hydrogen-bond acceptors (Lipinski definition) is 6. The average Bonchev–Trinajstić information content (AvgIpc) is 2.78. The van der Waals surface area contributed by atoms with Crippen LogP contribution in [0.3, 0.4) is 0 Å². The molecule has 3 aromatic rings. The van der Waals surface area contributed by atoms with Gasteiger partial charge in [0, 0.05) is 55.6 Å². The highest BCUT2D eigenvalue weighted by molar-refractivity contribution is 7.80. The zero-order chi connectivity index (χ0) is 24.1. The fraction of sp³-hybridized carbons (Fsp3) is 0.333. The van der Waals surface area contributed by atoms with E-state index in [1.54, 1.807) is 12.4 Å². The lowest BCUT2D eigenvalue weighted by atomic mass is 10.1. The van der Waals surface area contributed by atoms with E-state index in [1.165, 1.54) is 0 Å². The summed E-state index contributed by atoms with van der Waals surface area (Å²) in [5.41, 5.74) is 5.01. The first-order chi connectivity index (χ1) is 16.4. The smallest absolute Gasteiger partial charge is 0.229 e. The first kappa shape index (κ1) is 23.5. The molecule has 9 nitrogen and oxygen atoms in total. The van der Waals surface area contributed by atoms with Gasteiger partial charge in [0.05, 0.1) is 0 Å². The monoisotopic (exact) mass is 475 g/mol. The Morgan fingerprint density at radius 2 is 1.47 bits per heavy atom. The summed E-state index contributed by atoms with van der Waals surface area (Å²) in [6.45, 7) is 11.0. The number of nitrogens with one attached hydrogen (secondary N) is 2. The summed E-state index contributed by atoms with van der Waals surface area (Å²) < 4.78 is 0. The van der Waals surface area contributed by atoms with Crippen molar-refractivity contribution in [3.63, 3.8) is 0 Å². The molecule has 0 saturated carbocycles. The van der Waals surface area contributed by atoms with E-state index in [9.17, 15) is 0 Å². The maximum Gasteiger partial charge on any atom is 0.229 e. The summed E-state index contributed by atoms with van der Waals surface area (Å²) in [6, 6.07) is 9.98. The van der Waals surface area contributed by atoms with Gasteiger partial charge in [0.1, 0.15) is 0 Å². The van der Waals surface area contributed by atoms with Crippen LogP contribution in [0, 0.1) is 27.7 Å². The number of guanidine groups is 1. The van der Waals surface area contributed by atoms with E-state index in [0.717, 1.165) is 60.3 Å². The van der Waals surface area contributed by atoms with Crippen molar-refractivity contribution in [2.45, 2.75) is 27.7 Å². The summed E-state index contributed by atoms with van der Waals surface area (Å²) in [6.07, 6.45) is 3.52. The molecule has 1 aliphatic rings. The summed E-state index contributed by atoms with van der Waals surface area (Å²) in [4.78, 5) is 26.8. The van der Waals surface area contributed by atoms with E-state index in [4.69, 9.17) is 17.2 Å². The van der Waals surface area contributed by atoms with Crippen molar-refractivity contribution in [3.05, 3.63) is 65.2 Å². The summed E-state index contributed by atoms with van der Waals surface area (Å²) in [5.74, 6) is 1.85. The highest BCUT2D eigenvalue weighted by Crippen LogP contribution is 2.15. The first-order valence-corrected chi connectivity index (χ1v) is 11.6. The number of anilines is 3. The fourth-order valence-electron chi connectivity index (χ4n) is 3.93. The molecule has 3 heterocycles. The molecule has 2 aromatic heterocycles. The molecule has 1 saturated heterocycles. The van der Waals surface area contributed by atoms with Crippen LogP contribution in [0.5, 0.6) is 0 Å². The van der Waals surface area contributed by atoms with Gasteiger partial charge in [-0.3, -0.25) is 5.32 Å². The van der Waals surface area contributed by atoms with Crippen molar-refractivity contribution in [1.82, 2.24) is 24.8 Å². The van der Waals surface area contributed by atoms with Crippen molar-refractivity contribution in [2.75, 3.05) is 41.7 Å². The molecule has 4 rings (SSSR count). The van der Waals surface area contributed by atoms with Crippen LogP contribution in [-0.4, -0.2) is 62.1 Å². The molecule has 1 fully saturated rings. The van der Waals surface area contributed by atoms with Crippen molar-refractivity contribution in [2.24, 2.45) is 4.99 Å². The number of rotatable bonds is 3. The summed E-state index contributed by atoms with van der Waals surface area (Å²) in [7, 11) is 0. The highest BCUT2D eigenvalue weighted by Gasteiger charge is 2.22.